The van der Waals surface area contributed by atoms with Crippen LogP contribution in [0.25, 0.3) is 11.1 Å². The minimum atomic E-state index is -0.312. The molecular formula is C17H11BrClN3O. The smallest absolute Gasteiger partial charge is 0.258 e. The van der Waals surface area contributed by atoms with Crippen molar-refractivity contribution in [2.24, 2.45) is 0 Å². The van der Waals surface area contributed by atoms with Crippen LogP contribution in [0.3, 0.4) is 0 Å². The lowest BCUT2D eigenvalue weighted by molar-refractivity contribution is 0.102. The Morgan fingerprint density at radius 2 is 1.83 bits per heavy atom. The molecule has 3 aromatic rings. The molecule has 0 unspecified atom stereocenters. The fourth-order valence-electron chi connectivity index (χ4n) is 2.09. The largest absolute Gasteiger partial charge is 0.306 e. The van der Waals surface area contributed by atoms with E-state index in [9.17, 15) is 4.79 Å². The van der Waals surface area contributed by atoms with Crippen LogP contribution in [0.4, 0.5) is 5.82 Å². The van der Waals surface area contributed by atoms with Gasteiger partial charge in [0.2, 0.25) is 0 Å². The van der Waals surface area contributed by atoms with E-state index in [2.05, 4.69) is 31.2 Å². The first kappa shape index (κ1) is 15.6. The highest BCUT2D eigenvalue weighted by atomic mass is 79.9. The molecule has 0 bridgehead atoms. The fourth-order valence-corrected chi connectivity index (χ4v) is 2.58. The Hall–Kier alpha value is -2.24. The average molecular weight is 389 g/mol. The SMILES string of the molecule is O=C(Nc1ncncc1-c1ccc(Br)cc1)c1ccccc1Cl. The van der Waals surface area contributed by atoms with Crippen molar-refractivity contribution in [3.8, 4) is 11.1 Å². The molecule has 0 aliphatic carbocycles. The molecule has 0 atom stereocenters. The molecule has 6 heteroatoms. The number of rotatable bonds is 3. The molecule has 0 aliphatic rings. The summed E-state index contributed by atoms with van der Waals surface area (Å²) < 4.78 is 0.972. The number of carbonyl (C=O) groups excluding carboxylic acids is 1. The van der Waals surface area contributed by atoms with Gasteiger partial charge >= 0.3 is 0 Å². The molecule has 1 N–H and O–H groups in total. The van der Waals surface area contributed by atoms with E-state index < -0.39 is 0 Å². The Bertz CT molecular complexity index is 852. The van der Waals surface area contributed by atoms with E-state index >= 15 is 0 Å². The van der Waals surface area contributed by atoms with Crippen molar-refractivity contribution in [1.29, 1.82) is 0 Å². The second kappa shape index (κ2) is 6.89. The van der Waals surface area contributed by atoms with E-state index in [4.69, 9.17) is 11.6 Å². The summed E-state index contributed by atoms with van der Waals surface area (Å²) >= 11 is 9.46. The third-order valence-electron chi connectivity index (χ3n) is 3.22. The van der Waals surface area contributed by atoms with E-state index in [0.717, 1.165) is 15.6 Å². The van der Waals surface area contributed by atoms with Gasteiger partial charge in [-0.25, -0.2) is 9.97 Å². The van der Waals surface area contributed by atoms with Crippen molar-refractivity contribution in [2.75, 3.05) is 5.32 Å². The number of anilines is 1. The van der Waals surface area contributed by atoms with Gasteiger partial charge in [-0.15, -0.1) is 0 Å². The molecule has 1 amide bonds. The molecule has 3 rings (SSSR count). The quantitative estimate of drug-likeness (QED) is 0.700. The van der Waals surface area contributed by atoms with Crippen molar-refractivity contribution in [2.45, 2.75) is 0 Å². The highest BCUT2D eigenvalue weighted by molar-refractivity contribution is 9.10. The molecule has 0 spiro atoms. The van der Waals surface area contributed by atoms with Crippen LogP contribution in [-0.4, -0.2) is 15.9 Å². The first-order valence-electron chi connectivity index (χ1n) is 6.77. The molecule has 114 valence electrons. The molecule has 23 heavy (non-hydrogen) atoms. The molecular weight excluding hydrogens is 378 g/mol. The highest BCUT2D eigenvalue weighted by Crippen LogP contribution is 2.27. The van der Waals surface area contributed by atoms with Gasteiger partial charge in [-0.1, -0.05) is 51.8 Å². The zero-order valence-electron chi connectivity index (χ0n) is 11.8. The van der Waals surface area contributed by atoms with Crippen molar-refractivity contribution in [3.63, 3.8) is 0 Å². The summed E-state index contributed by atoms with van der Waals surface area (Å²) in [5, 5.41) is 3.19. The summed E-state index contributed by atoms with van der Waals surface area (Å²) in [5.74, 6) is 0.125. The molecule has 0 saturated carbocycles. The number of hydrogen-bond donors (Lipinski definition) is 1. The van der Waals surface area contributed by atoms with Crippen LogP contribution in [0.5, 0.6) is 0 Å². The summed E-state index contributed by atoms with van der Waals surface area (Å²) in [5.41, 5.74) is 2.04. The van der Waals surface area contributed by atoms with E-state index in [1.165, 1.54) is 6.33 Å². The molecule has 4 nitrogen and oxygen atoms in total. The molecule has 2 aromatic carbocycles. The van der Waals surface area contributed by atoms with Crippen LogP contribution < -0.4 is 5.32 Å². The number of benzene rings is 2. The Labute approximate surface area is 146 Å². The monoisotopic (exact) mass is 387 g/mol. The number of amides is 1. The van der Waals surface area contributed by atoms with E-state index in [0.29, 0.717) is 16.4 Å². The Morgan fingerprint density at radius 3 is 2.57 bits per heavy atom. The van der Waals surface area contributed by atoms with Gasteiger partial charge < -0.3 is 5.32 Å². The molecule has 0 saturated heterocycles. The molecule has 0 aliphatic heterocycles. The minimum Gasteiger partial charge on any atom is -0.306 e. The number of carbonyl (C=O) groups is 1. The van der Waals surface area contributed by atoms with Gasteiger partial charge in [0.05, 0.1) is 10.6 Å². The van der Waals surface area contributed by atoms with E-state index in [1.807, 2.05) is 24.3 Å². The maximum absolute atomic E-state index is 12.4. The van der Waals surface area contributed by atoms with Gasteiger partial charge in [0, 0.05) is 16.2 Å². The standard InChI is InChI=1S/C17H11BrClN3O/c18-12-7-5-11(6-8-12)14-9-20-10-21-16(14)22-17(23)13-3-1-2-4-15(13)19/h1-10H,(H,20,21,22,23). The number of aromatic nitrogens is 2. The first-order chi connectivity index (χ1) is 11.1. The lowest BCUT2D eigenvalue weighted by Gasteiger charge is -2.10. The normalized spacial score (nSPS) is 10.3. The van der Waals surface area contributed by atoms with Crippen LogP contribution in [-0.2, 0) is 0 Å². The van der Waals surface area contributed by atoms with E-state index in [1.54, 1.807) is 30.5 Å². The van der Waals surface area contributed by atoms with Crippen LogP contribution in [0.2, 0.25) is 5.02 Å². The molecule has 1 aromatic heterocycles. The summed E-state index contributed by atoms with van der Waals surface area (Å²) in [6.07, 6.45) is 3.06. The van der Waals surface area contributed by atoms with Gasteiger partial charge in [-0.2, -0.15) is 0 Å². The van der Waals surface area contributed by atoms with Gasteiger partial charge in [-0.3, -0.25) is 4.79 Å². The van der Waals surface area contributed by atoms with Crippen LogP contribution in [0.1, 0.15) is 10.4 Å². The van der Waals surface area contributed by atoms with Gasteiger partial charge in [0.25, 0.3) is 5.91 Å². The Morgan fingerprint density at radius 1 is 1.09 bits per heavy atom. The van der Waals surface area contributed by atoms with Crippen LogP contribution in [0.15, 0.2) is 65.5 Å². The molecule has 1 heterocycles. The van der Waals surface area contributed by atoms with Gasteiger partial charge in [0.1, 0.15) is 12.1 Å². The lowest BCUT2D eigenvalue weighted by atomic mass is 10.1. The fraction of sp³-hybridized carbons (Fsp3) is 0. The maximum Gasteiger partial charge on any atom is 0.258 e. The van der Waals surface area contributed by atoms with Gasteiger partial charge in [0.15, 0.2) is 0 Å². The first-order valence-corrected chi connectivity index (χ1v) is 7.94. The minimum absolute atomic E-state index is 0.312. The third-order valence-corrected chi connectivity index (χ3v) is 4.08. The number of halogens is 2. The van der Waals surface area contributed by atoms with Crippen molar-refractivity contribution >= 4 is 39.3 Å². The number of nitrogens with one attached hydrogen (secondary N) is 1. The lowest BCUT2D eigenvalue weighted by Crippen LogP contribution is -2.14. The second-order valence-corrected chi connectivity index (χ2v) is 6.05. The molecule has 0 radical (unpaired) electrons. The Balaban J connectivity index is 1.94. The maximum atomic E-state index is 12.4. The van der Waals surface area contributed by atoms with Crippen molar-refractivity contribution < 1.29 is 4.79 Å². The summed E-state index contributed by atoms with van der Waals surface area (Å²) in [6, 6.07) is 14.6. The number of hydrogen-bond acceptors (Lipinski definition) is 3. The van der Waals surface area contributed by atoms with Crippen molar-refractivity contribution in [1.82, 2.24) is 9.97 Å². The van der Waals surface area contributed by atoms with Crippen LogP contribution >= 0.6 is 27.5 Å². The summed E-state index contributed by atoms with van der Waals surface area (Å²) in [6.45, 7) is 0. The van der Waals surface area contributed by atoms with Gasteiger partial charge in [-0.05, 0) is 29.8 Å². The predicted molar refractivity (Wildman–Crippen MR) is 94.6 cm³/mol. The topological polar surface area (TPSA) is 54.9 Å². The predicted octanol–water partition coefficient (Wildman–Crippen LogP) is 4.81. The summed E-state index contributed by atoms with van der Waals surface area (Å²) in [4.78, 5) is 20.6. The zero-order chi connectivity index (χ0) is 16.2. The summed E-state index contributed by atoms with van der Waals surface area (Å²) in [7, 11) is 0. The number of nitrogens with zero attached hydrogens (tertiary/aromatic N) is 2. The highest BCUT2D eigenvalue weighted by Gasteiger charge is 2.14. The Kier molecular flexibility index (Phi) is 4.69. The molecule has 0 fully saturated rings. The second-order valence-electron chi connectivity index (χ2n) is 4.73. The van der Waals surface area contributed by atoms with Crippen molar-refractivity contribution in [3.05, 3.63) is 76.1 Å². The van der Waals surface area contributed by atoms with Crippen LogP contribution in [0, 0.1) is 0 Å². The third kappa shape index (κ3) is 3.57. The van der Waals surface area contributed by atoms with E-state index in [-0.39, 0.29) is 5.91 Å². The zero-order valence-corrected chi connectivity index (χ0v) is 14.2. The average Bonchev–Trinajstić information content (AvgIpc) is 2.56.